The van der Waals surface area contributed by atoms with E-state index in [0.717, 1.165) is 55.3 Å². The Hall–Kier alpha value is -3.48. The van der Waals surface area contributed by atoms with Crippen molar-refractivity contribution in [3.63, 3.8) is 0 Å². The third-order valence-electron chi connectivity index (χ3n) is 11.3. The van der Waals surface area contributed by atoms with Crippen LogP contribution < -0.4 is 4.90 Å². The van der Waals surface area contributed by atoms with Crippen molar-refractivity contribution in [3.8, 4) is 11.8 Å². The third-order valence-corrected chi connectivity index (χ3v) is 11.3. The van der Waals surface area contributed by atoms with E-state index in [-0.39, 0.29) is 30.6 Å². The summed E-state index contributed by atoms with van der Waals surface area (Å²) < 4.78 is 61.9. The van der Waals surface area contributed by atoms with Crippen molar-refractivity contribution in [2.45, 2.75) is 89.5 Å². The largest absolute Gasteiger partial charge is 0.458 e. The maximum Gasteiger partial charge on any atom is 0.457 e. The van der Waals surface area contributed by atoms with Gasteiger partial charge in [-0.25, -0.2) is 4.39 Å². The Labute approximate surface area is 260 Å². The number of nitrogens with zero attached hydrogens (tertiary/aromatic N) is 2. The van der Waals surface area contributed by atoms with Crippen molar-refractivity contribution < 1.29 is 31.9 Å². The maximum absolute atomic E-state index is 16.0. The van der Waals surface area contributed by atoms with E-state index < -0.39 is 47.6 Å². The highest BCUT2D eigenvalue weighted by molar-refractivity contribution is 5.92. The highest BCUT2D eigenvalue weighted by Gasteiger charge is 2.66. The minimum absolute atomic E-state index is 0.0634. The molecule has 4 aliphatic carbocycles. The standard InChI is InChI=1S/C35H38F4N2O4/c1-21(42)45-20-31(43)34(13-14-35(37,38)39)12-11-29-27-18-30(36)26-17-23(40-44)7-10-25(26)32(27)28(19-33(29,34)2)22-5-8-24(9-6-22)41-15-3-4-16-41/h5-6,8-9,17,23,27-30H,3-4,7,10-12,15-16,18-20H2,1-2H3/t23?,27-,28?,29-,30?,33-,34-/m0/s1. The van der Waals surface area contributed by atoms with E-state index in [1.54, 1.807) is 6.08 Å². The summed E-state index contributed by atoms with van der Waals surface area (Å²) in [4.78, 5) is 39.3. The summed E-state index contributed by atoms with van der Waals surface area (Å²) in [6, 6.07) is 7.64. The number of alkyl halides is 4. The molecule has 0 spiro atoms. The first kappa shape index (κ1) is 31.5. The Morgan fingerprint density at radius 2 is 1.84 bits per heavy atom. The molecule has 6 rings (SSSR count). The zero-order chi connectivity index (χ0) is 32.1. The van der Waals surface area contributed by atoms with Gasteiger partial charge in [-0.05, 0) is 97.5 Å². The molecular formula is C35H38F4N2O4. The van der Waals surface area contributed by atoms with Gasteiger partial charge in [-0.2, -0.15) is 18.1 Å². The van der Waals surface area contributed by atoms with Crippen LogP contribution in [0.4, 0.5) is 23.2 Å². The number of halogens is 4. The van der Waals surface area contributed by atoms with Crippen molar-refractivity contribution in [2.75, 3.05) is 24.6 Å². The predicted octanol–water partition coefficient (Wildman–Crippen LogP) is 7.38. The molecule has 1 heterocycles. The second-order valence-electron chi connectivity index (χ2n) is 13.5. The van der Waals surface area contributed by atoms with Crippen LogP contribution in [0, 0.1) is 39.4 Å². The van der Waals surface area contributed by atoms with Crippen LogP contribution in [0.15, 0.2) is 52.2 Å². The van der Waals surface area contributed by atoms with Crippen LogP contribution in [-0.2, 0) is 14.3 Å². The normalized spacial score (nSPS) is 34.1. The molecule has 0 aromatic heterocycles. The Morgan fingerprint density at radius 3 is 2.49 bits per heavy atom. The molecule has 0 radical (unpaired) electrons. The van der Waals surface area contributed by atoms with Crippen LogP contribution in [0.25, 0.3) is 0 Å². The highest BCUT2D eigenvalue weighted by atomic mass is 19.4. The number of allylic oxidation sites excluding steroid dienone is 3. The van der Waals surface area contributed by atoms with E-state index in [9.17, 15) is 27.7 Å². The number of carbonyl (C=O) groups excluding carboxylic acids is 2. The zero-order valence-corrected chi connectivity index (χ0v) is 25.6. The molecule has 240 valence electrons. The smallest absolute Gasteiger partial charge is 0.457 e. The van der Waals surface area contributed by atoms with Crippen molar-refractivity contribution in [3.05, 3.63) is 57.5 Å². The summed E-state index contributed by atoms with van der Waals surface area (Å²) in [6.45, 7) is 4.26. The molecule has 1 aromatic carbocycles. The van der Waals surface area contributed by atoms with Gasteiger partial charge >= 0.3 is 12.1 Å². The lowest BCUT2D eigenvalue weighted by molar-refractivity contribution is -0.150. The summed E-state index contributed by atoms with van der Waals surface area (Å²) in [5.41, 5.74) is 1.73. The van der Waals surface area contributed by atoms with E-state index in [1.807, 2.05) is 6.92 Å². The van der Waals surface area contributed by atoms with Gasteiger partial charge in [0.2, 0.25) is 0 Å². The topological polar surface area (TPSA) is 76.0 Å². The van der Waals surface area contributed by atoms with Gasteiger partial charge in [-0.1, -0.05) is 41.8 Å². The van der Waals surface area contributed by atoms with E-state index in [2.05, 4.69) is 40.3 Å². The number of carbonyl (C=O) groups is 2. The van der Waals surface area contributed by atoms with Crippen molar-refractivity contribution in [2.24, 2.45) is 27.8 Å². The van der Waals surface area contributed by atoms with Crippen LogP contribution in [-0.4, -0.2) is 49.8 Å². The summed E-state index contributed by atoms with van der Waals surface area (Å²) >= 11 is 0. The van der Waals surface area contributed by atoms with Gasteiger partial charge in [-0.3, -0.25) is 9.59 Å². The molecule has 1 saturated heterocycles. The fourth-order valence-corrected chi connectivity index (χ4v) is 9.25. The molecule has 0 bridgehead atoms. The summed E-state index contributed by atoms with van der Waals surface area (Å²) in [5.74, 6) is 1.51. The van der Waals surface area contributed by atoms with Gasteiger partial charge in [0.15, 0.2) is 12.4 Å². The lowest BCUT2D eigenvalue weighted by Gasteiger charge is -2.55. The predicted molar refractivity (Wildman–Crippen MR) is 161 cm³/mol. The van der Waals surface area contributed by atoms with E-state index in [0.29, 0.717) is 31.3 Å². The van der Waals surface area contributed by atoms with Crippen molar-refractivity contribution in [1.29, 1.82) is 0 Å². The van der Waals surface area contributed by atoms with Gasteiger partial charge in [0, 0.05) is 37.5 Å². The van der Waals surface area contributed by atoms with Crippen LogP contribution in [0.1, 0.15) is 76.7 Å². The fraction of sp³-hybridized carbons (Fsp3) is 0.600. The fourth-order valence-electron chi connectivity index (χ4n) is 9.25. The average molecular weight is 627 g/mol. The molecular weight excluding hydrogens is 588 g/mol. The van der Waals surface area contributed by atoms with E-state index >= 15 is 4.39 Å². The molecule has 7 atom stereocenters. The number of benzene rings is 1. The van der Waals surface area contributed by atoms with Crippen molar-refractivity contribution in [1.82, 2.24) is 0 Å². The summed E-state index contributed by atoms with van der Waals surface area (Å²) in [5, 5.41) is 3.17. The van der Waals surface area contributed by atoms with Gasteiger partial charge < -0.3 is 9.64 Å². The van der Waals surface area contributed by atoms with Gasteiger partial charge in [-0.15, -0.1) is 0 Å². The molecule has 0 N–H and O–H groups in total. The first-order chi connectivity index (χ1) is 21.4. The Balaban J connectivity index is 1.50. The second kappa shape index (κ2) is 11.7. The third kappa shape index (κ3) is 5.50. The molecule has 1 aliphatic heterocycles. The number of fused-ring (bicyclic) bond motifs is 4. The Kier molecular flexibility index (Phi) is 8.20. The lowest BCUT2D eigenvalue weighted by Crippen LogP contribution is -2.52. The summed E-state index contributed by atoms with van der Waals surface area (Å²) in [7, 11) is 0. The number of ether oxygens (including phenoxy) is 1. The molecule has 5 aliphatic rings. The molecule has 2 saturated carbocycles. The highest BCUT2D eigenvalue weighted by Crippen LogP contribution is 2.70. The molecule has 6 nitrogen and oxygen atoms in total. The number of anilines is 1. The van der Waals surface area contributed by atoms with E-state index in [1.165, 1.54) is 5.92 Å². The maximum atomic E-state index is 16.0. The van der Waals surface area contributed by atoms with Crippen LogP contribution in [0.5, 0.6) is 0 Å². The van der Waals surface area contributed by atoms with Gasteiger partial charge in [0.1, 0.15) is 12.2 Å². The monoisotopic (exact) mass is 626 g/mol. The number of ketones is 1. The average Bonchev–Trinajstić information content (AvgIpc) is 3.65. The Morgan fingerprint density at radius 1 is 1.13 bits per heavy atom. The number of esters is 1. The zero-order valence-electron chi connectivity index (χ0n) is 25.6. The Bertz CT molecular complexity index is 1500. The SMILES string of the molecule is CC(=O)OCC(=O)[C@@]1(C#CC(F)(F)F)CC[C@H]2[C@@H]3CC(F)C4=CC(N=O)CCC4=C3C(c3ccc(N4CCCC4)cc3)C[C@@]21C. The molecule has 10 heteroatoms. The van der Waals surface area contributed by atoms with Gasteiger partial charge in [0.05, 0.1) is 5.41 Å². The lowest BCUT2D eigenvalue weighted by atomic mass is 9.48. The molecule has 3 unspecified atom stereocenters. The van der Waals surface area contributed by atoms with E-state index in [4.69, 9.17) is 4.74 Å². The van der Waals surface area contributed by atoms with Crippen LogP contribution >= 0.6 is 0 Å². The minimum Gasteiger partial charge on any atom is -0.458 e. The molecule has 1 aromatic rings. The second-order valence-corrected chi connectivity index (χ2v) is 13.5. The number of Topliss-reactive ketones (excluding diaryl/α,β-unsaturated/α-hetero) is 1. The molecule has 3 fully saturated rings. The first-order valence-corrected chi connectivity index (χ1v) is 15.9. The molecule has 45 heavy (non-hydrogen) atoms. The van der Waals surface area contributed by atoms with Crippen LogP contribution in [0.3, 0.4) is 0 Å². The first-order valence-electron chi connectivity index (χ1n) is 15.9. The van der Waals surface area contributed by atoms with Crippen molar-refractivity contribution >= 4 is 17.4 Å². The van der Waals surface area contributed by atoms with Gasteiger partial charge in [0.25, 0.3) is 0 Å². The number of hydrogen-bond acceptors (Lipinski definition) is 6. The number of rotatable bonds is 6. The minimum atomic E-state index is -4.82. The van der Waals surface area contributed by atoms with Crippen LogP contribution in [0.2, 0.25) is 0 Å². The molecule has 0 amide bonds. The quantitative estimate of drug-likeness (QED) is 0.143. The summed E-state index contributed by atoms with van der Waals surface area (Å²) in [6.07, 6.45) is -0.427. The number of nitroso groups, excluding NO2 is 1. The number of hydrogen-bond donors (Lipinski definition) is 0.